The van der Waals surface area contributed by atoms with Gasteiger partial charge in [-0.3, -0.25) is 4.79 Å². The summed E-state index contributed by atoms with van der Waals surface area (Å²) < 4.78 is 16.8. The molecule has 2 aromatic carbocycles. The van der Waals surface area contributed by atoms with E-state index in [-0.39, 0.29) is 30.8 Å². The van der Waals surface area contributed by atoms with Crippen LogP contribution in [0.15, 0.2) is 30.3 Å². The first-order valence-corrected chi connectivity index (χ1v) is 8.73. The van der Waals surface area contributed by atoms with E-state index in [1.54, 1.807) is 25.3 Å². The zero-order chi connectivity index (χ0) is 18.3. The molecule has 2 N–H and O–H groups in total. The third-order valence-electron chi connectivity index (χ3n) is 5.27. The number of hydrogen-bond donors (Lipinski definition) is 2. The van der Waals surface area contributed by atoms with Crippen molar-refractivity contribution in [1.29, 1.82) is 0 Å². The van der Waals surface area contributed by atoms with E-state index in [9.17, 15) is 9.90 Å². The molecule has 2 aliphatic heterocycles. The van der Waals surface area contributed by atoms with Crippen molar-refractivity contribution in [2.24, 2.45) is 0 Å². The minimum Gasteiger partial charge on any atom is -0.507 e. The van der Waals surface area contributed by atoms with Gasteiger partial charge in [0.2, 0.25) is 12.5 Å². The van der Waals surface area contributed by atoms with Crippen molar-refractivity contribution < 1.29 is 29.0 Å². The Kier molecular flexibility index (Phi) is 4.20. The van der Waals surface area contributed by atoms with Gasteiger partial charge in [0.15, 0.2) is 17.3 Å². The second-order valence-corrected chi connectivity index (χ2v) is 6.76. The van der Waals surface area contributed by atoms with E-state index in [1.165, 1.54) is 11.0 Å². The number of ketones is 1. The number of benzene rings is 2. The number of ether oxygens (including phenoxy) is 3. The van der Waals surface area contributed by atoms with Crippen LogP contribution in [0.2, 0.25) is 0 Å². The highest BCUT2D eigenvalue weighted by Crippen LogP contribution is 2.48. The quantitative estimate of drug-likeness (QED) is 0.813. The van der Waals surface area contributed by atoms with Gasteiger partial charge in [0.25, 0.3) is 0 Å². The number of fused-ring (bicyclic) bond motifs is 2. The number of phenols is 1. The van der Waals surface area contributed by atoms with Crippen LogP contribution < -0.4 is 19.1 Å². The van der Waals surface area contributed by atoms with Gasteiger partial charge in [-0.2, -0.15) is 0 Å². The molecule has 6 heteroatoms. The average molecular weight is 356 g/mol. The first-order valence-electron chi connectivity index (χ1n) is 8.73. The molecule has 136 valence electrons. The summed E-state index contributed by atoms with van der Waals surface area (Å²) in [6.07, 6.45) is 1.17. The standard InChI is InChI=1S/C20H21NO5/c1-21-8-7-12-9-17-19(26-11-25-17)20(24-2)18(12)14(21)10-16(23)13-5-3-4-6-15(13)22/h3-6,9,14,22H,7-8,10-11H2,1-2H3/p+1/t14-/m0/s1. The Morgan fingerprint density at radius 2 is 2.15 bits per heavy atom. The van der Waals surface area contributed by atoms with Gasteiger partial charge >= 0.3 is 0 Å². The zero-order valence-electron chi connectivity index (χ0n) is 14.9. The monoisotopic (exact) mass is 356 g/mol. The Morgan fingerprint density at radius 1 is 1.35 bits per heavy atom. The number of Topliss-reactive ketones (excluding diaryl/α,β-unsaturated/α-hetero) is 1. The number of likely N-dealkylation sites (N-methyl/N-ethyl adjacent to an activating group) is 1. The van der Waals surface area contributed by atoms with Crippen molar-refractivity contribution in [3.8, 4) is 23.0 Å². The van der Waals surface area contributed by atoms with Crippen LogP contribution in [0.25, 0.3) is 0 Å². The zero-order valence-corrected chi connectivity index (χ0v) is 14.9. The van der Waals surface area contributed by atoms with E-state index in [1.807, 2.05) is 6.07 Å². The Balaban J connectivity index is 1.74. The van der Waals surface area contributed by atoms with Crippen LogP contribution in [0, 0.1) is 0 Å². The summed E-state index contributed by atoms with van der Waals surface area (Å²) in [5.74, 6) is 1.90. The van der Waals surface area contributed by atoms with Crippen molar-refractivity contribution >= 4 is 5.78 Å². The van der Waals surface area contributed by atoms with Gasteiger partial charge in [-0.1, -0.05) is 12.1 Å². The Hall–Kier alpha value is -2.73. The molecule has 0 saturated carbocycles. The molecule has 1 unspecified atom stereocenters. The first-order chi connectivity index (χ1) is 12.6. The summed E-state index contributed by atoms with van der Waals surface area (Å²) in [6.45, 7) is 1.09. The number of carbonyl (C=O) groups is 1. The highest BCUT2D eigenvalue weighted by Gasteiger charge is 2.37. The summed E-state index contributed by atoms with van der Waals surface area (Å²) in [6, 6.07) is 8.60. The maximum Gasteiger partial charge on any atom is 0.231 e. The number of phenolic OH excluding ortho intramolecular Hbond substituents is 1. The average Bonchev–Trinajstić information content (AvgIpc) is 3.10. The third kappa shape index (κ3) is 2.66. The molecule has 2 heterocycles. The summed E-state index contributed by atoms with van der Waals surface area (Å²) in [7, 11) is 3.69. The largest absolute Gasteiger partial charge is 0.507 e. The fourth-order valence-corrected chi connectivity index (χ4v) is 3.90. The normalized spacial score (nSPS) is 20.5. The summed E-state index contributed by atoms with van der Waals surface area (Å²) >= 11 is 0. The number of para-hydroxylation sites is 1. The topological polar surface area (TPSA) is 69.4 Å². The number of hydrogen-bond acceptors (Lipinski definition) is 5. The first kappa shape index (κ1) is 16.7. The molecule has 0 aromatic heterocycles. The molecule has 0 aliphatic carbocycles. The van der Waals surface area contributed by atoms with E-state index in [2.05, 4.69) is 7.05 Å². The number of methoxy groups -OCH3 is 1. The molecule has 2 aliphatic rings. The molecule has 0 radical (unpaired) electrons. The van der Waals surface area contributed by atoms with Crippen molar-refractivity contribution in [3.63, 3.8) is 0 Å². The molecule has 0 saturated heterocycles. The fraction of sp³-hybridized carbons (Fsp3) is 0.350. The van der Waals surface area contributed by atoms with Crippen molar-refractivity contribution in [2.75, 3.05) is 27.5 Å². The summed E-state index contributed by atoms with van der Waals surface area (Å²) in [5, 5.41) is 10.0. The van der Waals surface area contributed by atoms with Crippen LogP contribution >= 0.6 is 0 Å². The molecule has 2 atom stereocenters. The Morgan fingerprint density at radius 3 is 2.92 bits per heavy atom. The molecule has 0 amide bonds. The van der Waals surface area contributed by atoms with E-state index < -0.39 is 0 Å². The van der Waals surface area contributed by atoms with Crippen LogP contribution in [0.5, 0.6) is 23.0 Å². The highest BCUT2D eigenvalue weighted by molar-refractivity contribution is 5.99. The molecule has 26 heavy (non-hydrogen) atoms. The third-order valence-corrected chi connectivity index (χ3v) is 5.27. The minimum absolute atomic E-state index is 0.0174. The van der Waals surface area contributed by atoms with Crippen molar-refractivity contribution in [1.82, 2.24) is 0 Å². The summed E-state index contributed by atoms with van der Waals surface area (Å²) in [4.78, 5) is 14.1. The van der Waals surface area contributed by atoms with Gasteiger partial charge in [0.05, 0.1) is 38.2 Å². The van der Waals surface area contributed by atoms with E-state index >= 15 is 0 Å². The molecular weight excluding hydrogens is 334 g/mol. The van der Waals surface area contributed by atoms with Gasteiger partial charge in [-0.25, -0.2) is 0 Å². The number of rotatable bonds is 4. The van der Waals surface area contributed by atoms with Crippen molar-refractivity contribution in [3.05, 3.63) is 47.0 Å². The predicted octanol–water partition coefficient (Wildman–Crippen LogP) is 1.51. The maximum atomic E-state index is 12.9. The summed E-state index contributed by atoms with van der Waals surface area (Å²) in [5.41, 5.74) is 2.49. The fourth-order valence-electron chi connectivity index (χ4n) is 3.90. The SMILES string of the molecule is COc1c2c(cc3c1[C@H](CC(=O)c1ccccc1O)[NH+](C)CC3)OCO2. The molecular formula is C20H22NO5+. The number of nitrogens with one attached hydrogen (secondary N) is 1. The van der Waals surface area contributed by atoms with Gasteiger partial charge < -0.3 is 24.2 Å². The molecule has 2 aromatic rings. The lowest BCUT2D eigenvalue weighted by atomic mass is 9.87. The van der Waals surface area contributed by atoms with Gasteiger partial charge in [0, 0.05) is 6.42 Å². The Bertz CT molecular complexity index is 864. The molecule has 6 nitrogen and oxygen atoms in total. The van der Waals surface area contributed by atoms with Crippen LogP contribution in [0.3, 0.4) is 0 Å². The lowest BCUT2D eigenvalue weighted by molar-refractivity contribution is -0.913. The molecule has 0 bridgehead atoms. The smallest absolute Gasteiger partial charge is 0.231 e. The molecule has 0 fully saturated rings. The lowest BCUT2D eigenvalue weighted by Crippen LogP contribution is -3.10. The van der Waals surface area contributed by atoms with Gasteiger partial charge in [0.1, 0.15) is 11.8 Å². The van der Waals surface area contributed by atoms with Crippen molar-refractivity contribution in [2.45, 2.75) is 18.9 Å². The second-order valence-electron chi connectivity index (χ2n) is 6.76. The van der Waals surface area contributed by atoms with Crippen LogP contribution in [0.1, 0.15) is 33.9 Å². The number of quaternary nitrogens is 1. The van der Waals surface area contributed by atoms with E-state index in [4.69, 9.17) is 14.2 Å². The molecule has 0 spiro atoms. The van der Waals surface area contributed by atoms with Crippen LogP contribution in [0.4, 0.5) is 0 Å². The van der Waals surface area contributed by atoms with Gasteiger partial charge in [-0.05, 0) is 23.8 Å². The minimum atomic E-state index is -0.0833. The van der Waals surface area contributed by atoms with E-state index in [0.29, 0.717) is 22.8 Å². The van der Waals surface area contributed by atoms with E-state index in [0.717, 1.165) is 24.1 Å². The predicted molar refractivity (Wildman–Crippen MR) is 94.4 cm³/mol. The molecule has 4 rings (SSSR count). The number of aromatic hydroxyl groups is 1. The highest BCUT2D eigenvalue weighted by atomic mass is 16.7. The Labute approximate surface area is 151 Å². The van der Waals surface area contributed by atoms with Crippen LogP contribution in [-0.2, 0) is 6.42 Å². The number of carbonyl (C=O) groups excluding carboxylic acids is 1. The van der Waals surface area contributed by atoms with Crippen LogP contribution in [-0.4, -0.2) is 38.4 Å². The maximum absolute atomic E-state index is 12.9. The second kappa shape index (κ2) is 6.53. The van der Waals surface area contributed by atoms with Gasteiger partial charge in [-0.15, -0.1) is 0 Å². The lowest BCUT2D eigenvalue weighted by Gasteiger charge is -2.32.